The number of esters is 1. The van der Waals surface area contributed by atoms with Gasteiger partial charge in [0.05, 0.1) is 18.4 Å². The highest BCUT2D eigenvalue weighted by Crippen LogP contribution is 2.26. The fraction of sp³-hybridized carbons (Fsp3) is 0.316. The van der Waals surface area contributed by atoms with Crippen molar-refractivity contribution in [3.05, 3.63) is 46.8 Å². The van der Waals surface area contributed by atoms with Gasteiger partial charge in [0.2, 0.25) is 0 Å². The van der Waals surface area contributed by atoms with Crippen molar-refractivity contribution in [1.29, 1.82) is 5.26 Å². The quantitative estimate of drug-likeness (QED) is 0.801. The van der Waals surface area contributed by atoms with Gasteiger partial charge in [0, 0.05) is 24.0 Å². The van der Waals surface area contributed by atoms with Crippen molar-refractivity contribution in [3.63, 3.8) is 0 Å². The Bertz CT molecular complexity index is 891. The van der Waals surface area contributed by atoms with Crippen LogP contribution in [0.15, 0.2) is 24.4 Å². The summed E-state index contributed by atoms with van der Waals surface area (Å²) in [6.07, 6.45) is 1.49. The van der Waals surface area contributed by atoms with Crippen LogP contribution < -0.4 is 11.1 Å². The smallest absolute Gasteiger partial charge is 0.357 e. The Hall–Kier alpha value is -3.27. The second-order valence-electron chi connectivity index (χ2n) is 6.38. The molecule has 2 rings (SSSR count). The van der Waals surface area contributed by atoms with Gasteiger partial charge in [-0.05, 0) is 36.6 Å². The first-order chi connectivity index (χ1) is 12.3. The molecule has 0 fully saturated rings. The van der Waals surface area contributed by atoms with Gasteiger partial charge in [0.1, 0.15) is 6.07 Å². The number of aromatic nitrogens is 1. The molecule has 0 radical (unpaired) electrons. The summed E-state index contributed by atoms with van der Waals surface area (Å²) in [6, 6.07) is 7.08. The molecule has 0 spiro atoms. The minimum absolute atomic E-state index is 0.0671. The summed E-state index contributed by atoms with van der Waals surface area (Å²) in [4.78, 5) is 24.3. The van der Waals surface area contributed by atoms with Crippen molar-refractivity contribution < 1.29 is 14.3 Å². The van der Waals surface area contributed by atoms with E-state index < -0.39 is 5.97 Å². The largest absolute Gasteiger partial charge is 0.464 e. The summed E-state index contributed by atoms with van der Waals surface area (Å²) >= 11 is 0. The molecule has 1 amide bonds. The van der Waals surface area contributed by atoms with E-state index in [-0.39, 0.29) is 22.9 Å². The zero-order valence-corrected chi connectivity index (χ0v) is 15.3. The minimum Gasteiger partial charge on any atom is -0.464 e. The number of nitrogens with one attached hydrogen (secondary N) is 1. The number of aryl methyl sites for hydroxylation is 1. The summed E-state index contributed by atoms with van der Waals surface area (Å²) in [5.41, 5.74) is 8.17. The normalized spacial score (nSPS) is 10.5. The van der Waals surface area contributed by atoms with E-state index in [9.17, 15) is 14.9 Å². The molecule has 1 heterocycles. The molecule has 0 saturated heterocycles. The summed E-state index contributed by atoms with van der Waals surface area (Å²) < 4.78 is 6.30. The van der Waals surface area contributed by atoms with Gasteiger partial charge in [-0.1, -0.05) is 13.8 Å². The topological polar surface area (TPSA) is 110 Å². The lowest BCUT2D eigenvalue weighted by molar-refractivity contribution is 0.0592. The van der Waals surface area contributed by atoms with E-state index in [0.717, 1.165) is 5.56 Å². The molecule has 26 heavy (non-hydrogen) atoms. The number of nitrogen functional groups attached to an aromatic ring is 1. The van der Waals surface area contributed by atoms with Gasteiger partial charge in [-0.3, -0.25) is 4.79 Å². The molecule has 0 bridgehead atoms. The van der Waals surface area contributed by atoms with E-state index >= 15 is 0 Å². The van der Waals surface area contributed by atoms with Crippen LogP contribution in [0.2, 0.25) is 0 Å². The summed E-state index contributed by atoms with van der Waals surface area (Å²) in [7, 11) is 1.25. The fourth-order valence-electron chi connectivity index (χ4n) is 2.57. The fourth-order valence-corrected chi connectivity index (χ4v) is 2.57. The number of methoxy groups -OCH3 is 1. The van der Waals surface area contributed by atoms with E-state index in [1.54, 1.807) is 18.2 Å². The lowest BCUT2D eigenvalue weighted by atomic mass is 10.1. The van der Waals surface area contributed by atoms with Crippen LogP contribution in [0.4, 0.5) is 5.69 Å². The van der Waals surface area contributed by atoms with Crippen molar-refractivity contribution in [2.75, 3.05) is 19.4 Å². The van der Waals surface area contributed by atoms with E-state index in [1.165, 1.54) is 17.9 Å². The zero-order chi connectivity index (χ0) is 19.4. The molecule has 136 valence electrons. The maximum absolute atomic E-state index is 12.2. The predicted octanol–water partition coefficient (Wildman–Crippen LogP) is 2.41. The molecule has 0 aliphatic rings. The van der Waals surface area contributed by atoms with Gasteiger partial charge in [0.15, 0.2) is 5.69 Å². The second kappa shape index (κ2) is 7.74. The van der Waals surface area contributed by atoms with Crippen molar-refractivity contribution in [1.82, 2.24) is 9.88 Å². The van der Waals surface area contributed by atoms with Gasteiger partial charge in [-0.25, -0.2) is 4.79 Å². The number of anilines is 1. The van der Waals surface area contributed by atoms with Gasteiger partial charge in [-0.2, -0.15) is 5.26 Å². The molecular formula is C19H22N4O3. The maximum Gasteiger partial charge on any atom is 0.357 e. The monoisotopic (exact) mass is 354 g/mol. The maximum atomic E-state index is 12.2. The Labute approximate surface area is 152 Å². The third-order valence-electron chi connectivity index (χ3n) is 3.93. The number of nitrogens with zero attached hydrogens (tertiary/aromatic N) is 2. The third-order valence-corrected chi connectivity index (χ3v) is 3.93. The summed E-state index contributed by atoms with van der Waals surface area (Å²) in [5, 5.41) is 12.1. The molecule has 1 aromatic carbocycles. The first kappa shape index (κ1) is 19.1. The Balaban J connectivity index is 2.46. The van der Waals surface area contributed by atoms with Gasteiger partial charge >= 0.3 is 5.97 Å². The van der Waals surface area contributed by atoms with Crippen LogP contribution in [0, 0.1) is 24.2 Å². The number of rotatable bonds is 5. The van der Waals surface area contributed by atoms with Crippen molar-refractivity contribution >= 4 is 17.6 Å². The van der Waals surface area contributed by atoms with Crippen molar-refractivity contribution in [2.24, 2.45) is 5.92 Å². The standard InChI is InChI=1S/C19H22N4O3/c1-11(2)9-22-18(24)13-5-6-15(12(3)7-13)23-10-14(8-20)16(21)17(23)19(25)26-4/h5-7,10-11H,9,21H2,1-4H3,(H,22,24). The van der Waals surface area contributed by atoms with Crippen LogP contribution in [-0.4, -0.2) is 30.1 Å². The Morgan fingerprint density at radius 3 is 2.62 bits per heavy atom. The molecule has 3 N–H and O–H groups in total. The van der Waals surface area contributed by atoms with E-state index in [2.05, 4.69) is 5.32 Å². The van der Waals surface area contributed by atoms with E-state index in [4.69, 9.17) is 10.5 Å². The average molecular weight is 354 g/mol. The van der Waals surface area contributed by atoms with Crippen LogP contribution in [0.25, 0.3) is 5.69 Å². The Morgan fingerprint density at radius 2 is 2.08 bits per heavy atom. The van der Waals surface area contributed by atoms with Gasteiger partial charge in [0.25, 0.3) is 5.91 Å². The number of nitrogens with two attached hydrogens (primary N) is 1. The predicted molar refractivity (Wildman–Crippen MR) is 98.1 cm³/mol. The highest BCUT2D eigenvalue weighted by molar-refractivity contribution is 5.97. The number of ether oxygens (including phenoxy) is 1. The number of nitriles is 1. The number of carbonyl (C=O) groups is 2. The van der Waals surface area contributed by atoms with Crippen LogP contribution in [-0.2, 0) is 4.74 Å². The van der Waals surface area contributed by atoms with Crippen LogP contribution >= 0.6 is 0 Å². The highest BCUT2D eigenvalue weighted by Gasteiger charge is 2.22. The van der Waals surface area contributed by atoms with Crippen LogP contribution in [0.3, 0.4) is 0 Å². The van der Waals surface area contributed by atoms with E-state index in [0.29, 0.717) is 23.7 Å². The first-order valence-corrected chi connectivity index (χ1v) is 8.18. The number of hydrogen-bond acceptors (Lipinski definition) is 5. The molecule has 0 aliphatic carbocycles. The number of hydrogen-bond donors (Lipinski definition) is 2. The van der Waals surface area contributed by atoms with Gasteiger partial charge in [-0.15, -0.1) is 0 Å². The lowest BCUT2D eigenvalue weighted by Crippen LogP contribution is -2.27. The molecule has 0 aliphatic heterocycles. The molecule has 0 unspecified atom stereocenters. The minimum atomic E-state index is -0.637. The lowest BCUT2D eigenvalue weighted by Gasteiger charge is -2.13. The third kappa shape index (κ3) is 3.70. The number of benzene rings is 1. The van der Waals surface area contributed by atoms with Gasteiger partial charge < -0.3 is 20.4 Å². The van der Waals surface area contributed by atoms with Crippen LogP contribution in [0.5, 0.6) is 0 Å². The summed E-state index contributed by atoms with van der Waals surface area (Å²) in [6.45, 7) is 6.45. The first-order valence-electron chi connectivity index (χ1n) is 8.18. The van der Waals surface area contributed by atoms with Crippen LogP contribution in [0.1, 0.15) is 45.8 Å². The number of carbonyl (C=O) groups excluding carboxylic acids is 2. The molecule has 7 nitrogen and oxygen atoms in total. The average Bonchev–Trinajstić information content (AvgIpc) is 2.95. The Kier molecular flexibility index (Phi) is 5.68. The number of amides is 1. The Morgan fingerprint density at radius 1 is 1.38 bits per heavy atom. The molecule has 0 atom stereocenters. The SMILES string of the molecule is COC(=O)c1c(N)c(C#N)cn1-c1ccc(C(=O)NCC(C)C)cc1C. The van der Waals surface area contributed by atoms with Crippen molar-refractivity contribution in [2.45, 2.75) is 20.8 Å². The second-order valence-corrected chi connectivity index (χ2v) is 6.38. The molecule has 0 saturated carbocycles. The molecule has 2 aromatic rings. The molecule has 7 heteroatoms. The van der Waals surface area contributed by atoms with E-state index in [1.807, 2.05) is 26.8 Å². The molecular weight excluding hydrogens is 332 g/mol. The van der Waals surface area contributed by atoms with Crippen molar-refractivity contribution in [3.8, 4) is 11.8 Å². The molecule has 1 aromatic heterocycles. The zero-order valence-electron chi connectivity index (χ0n) is 15.3. The highest BCUT2D eigenvalue weighted by atomic mass is 16.5. The summed E-state index contributed by atoms with van der Waals surface area (Å²) in [5.74, 6) is -0.442.